The van der Waals surface area contributed by atoms with Crippen molar-refractivity contribution in [2.45, 2.75) is 13.3 Å². The van der Waals surface area contributed by atoms with Gasteiger partial charge in [0.05, 0.1) is 14.2 Å². The van der Waals surface area contributed by atoms with Gasteiger partial charge in [0.25, 0.3) is 0 Å². The van der Waals surface area contributed by atoms with E-state index in [9.17, 15) is 0 Å². The summed E-state index contributed by atoms with van der Waals surface area (Å²) in [6, 6.07) is 5.64. The summed E-state index contributed by atoms with van der Waals surface area (Å²) >= 11 is 12.0. The van der Waals surface area contributed by atoms with Crippen LogP contribution in [0.15, 0.2) is 18.2 Å². The van der Waals surface area contributed by atoms with Crippen molar-refractivity contribution in [3.05, 3.63) is 45.5 Å². The minimum absolute atomic E-state index is 0.375. The fourth-order valence-corrected chi connectivity index (χ4v) is 2.18. The highest BCUT2D eigenvalue weighted by Crippen LogP contribution is 2.28. The second-order valence-corrected chi connectivity index (χ2v) is 4.93. The molecule has 0 fully saturated rings. The average Bonchev–Trinajstić information content (AvgIpc) is 2.44. The van der Waals surface area contributed by atoms with E-state index >= 15 is 0 Å². The lowest BCUT2D eigenvalue weighted by molar-refractivity contribution is 0.354. The quantitative estimate of drug-likeness (QED) is 0.807. The van der Waals surface area contributed by atoms with Gasteiger partial charge in [-0.15, -0.1) is 0 Å². The van der Waals surface area contributed by atoms with Crippen LogP contribution in [0.2, 0.25) is 10.3 Å². The van der Waals surface area contributed by atoms with Gasteiger partial charge in [-0.05, 0) is 24.6 Å². The summed E-state index contributed by atoms with van der Waals surface area (Å²) in [6.45, 7) is 1.78. The van der Waals surface area contributed by atoms with Crippen LogP contribution in [0.3, 0.4) is 0 Å². The van der Waals surface area contributed by atoms with Crippen LogP contribution in [0.5, 0.6) is 11.5 Å². The molecule has 1 aromatic heterocycles. The van der Waals surface area contributed by atoms with E-state index in [2.05, 4.69) is 9.97 Å². The third-order valence-corrected chi connectivity index (χ3v) is 3.62. The van der Waals surface area contributed by atoms with Crippen molar-refractivity contribution in [1.82, 2.24) is 9.97 Å². The van der Waals surface area contributed by atoms with Crippen LogP contribution in [-0.4, -0.2) is 24.2 Å². The number of ether oxygens (including phenoxy) is 2. The van der Waals surface area contributed by atoms with E-state index in [1.165, 1.54) is 0 Å². The van der Waals surface area contributed by atoms with E-state index in [0.29, 0.717) is 39.6 Å². The normalized spacial score (nSPS) is 10.4. The number of hydrogen-bond donors (Lipinski definition) is 0. The number of benzene rings is 1. The van der Waals surface area contributed by atoms with Crippen LogP contribution in [0, 0.1) is 6.92 Å². The molecule has 1 heterocycles. The molecule has 2 rings (SSSR count). The maximum Gasteiger partial charge on any atom is 0.161 e. The third-order valence-electron chi connectivity index (χ3n) is 2.88. The van der Waals surface area contributed by atoms with Crippen molar-refractivity contribution in [1.29, 1.82) is 0 Å². The summed E-state index contributed by atoms with van der Waals surface area (Å²) in [5.41, 5.74) is 1.67. The van der Waals surface area contributed by atoms with Gasteiger partial charge in [-0.2, -0.15) is 0 Å². The molecule has 1 aromatic carbocycles. The summed E-state index contributed by atoms with van der Waals surface area (Å²) in [5, 5.41) is 0.751. The Labute approximate surface area is 127 Å². The lowest BCUT2D eigenvalue weighted by atomic mass is 10.1. The van der Waals surface area contributed by atoms with Gasteiger partial charge in [0.15, 0.2) is 11.5 Å². The van der Waals surface area contributed by atoms with E-state index in [0.717, 1.165) is 5.56 Å². The maximum atomic E-state index is 6.01. The number of aromatic nitrogens is 2. The third kappa shape index (κ3) is 3.14. The summed E-state index contributed by atoms with van der Waals surface area (Å²) in [6.07, 6.45) is 0.514. The van der Waals surface area contributed by atoms with Crippen molar-refractivity contribution in [3.8, 4) is 11.5 Å². The Morgan fingerprint density at radius 2 is 1.60 bits per heavy atom. The van der Waals surface area contributed by atoms with Gasteiger partial charge in [-0.3, -0.25) is 0 Å². The predicted molar refractivity (Wildman–Crippen MR) is 79.1 cm³/mol. The molecule has 2 aromatic rings. The van der Waals surface area contributed by atoms with Gasteiger partial charge in [0.2, 0.25) is 0 Å². The fourth-order valence-electron chi connectivity index (χ4n) is 1.76. The van der Waals surface area contributed by atoms with Crippen molar-refractivity contribution in [2.75, 3.05) is 14.2 Å². The molecule has 0 aliphatic rings. The van der Waals surface area contributed by atoms with Crippen molar-refractivity contribution >= 4 is 23.2 Å². The van der Waals surface area contributed by atoms with Gasteiger partial charge < -0.3 is 9.47 Å². The number of nitrogens with zero attached hydrogens (tertiary/aromatic N) is 2. The van der Waals surface area contributed by atoms with Crippen LogP contribution < -0.4 is 9.47 Å². The van der Waals surface area contributed by atoms with Crippen LogP contribution in [-0.2, 0) is 6.42 Å². The molecule has 0 N–H and O–H groups in total. The molecule has 0 saturated carbocycles. The number of hydrogen-bond acceptors (Lipinski definition) is 4. The zero-order chi connectivity index (χ0) is 14.7. The number of rotatable bonds is 4. The number of halogens is 2. The molecular formula is C14H14Cl2N2O2. The second-order valence-electron chi connectivity index (χ2n) is 4.21. The first-order valence-electron chi connectivity index (χ1n) is 5.94. The second kappa shape index (κ2) is 6.29. The Hall–Kier alpha value is -1.52. The molecule has 4 nitrogen and oxygen atoms in total. The molecule has 0 amide bonds. The summed E-state index contributed by atoms with van der Waals surface area (Å²) in [4.78, 5) is 8.45. The van der Waals surface area contributed by atoms with Gasteiger partial charge in [-0.25, -0.2) is 9.97 Å². The number of methoxy groups -OCH3 is 2. The Bertz CT molecular complexity index is 610. The molecule has 0 radical (unpaired) electrons. The molecule has 0 saturated heterocycles. The summed E-state index contributed by atoms with van der Waals surface area (Å²) < 4.78 is 10.5. The maximum absolute atomic E-state index is 6.01. The Balaban J connectivity index is 2.30. The van der Waals surface area contributed by atoms with E-state index in [1.807, 2.05) is 18.2 Å². The first-order chi connectivity index (χ1) is 9.55. The SMILES string of the molecule is COc1ccc(Cc2nc(Cl)c(C)c(Cl)n2)cc1OC. The first-order valence-corrected chi connectivity index (χ1v) is 6.70. The van der Waals surface area contributed by atoms with Gasteiger partial charge in [-0.1, -0.05) is 29.3 Å². The minimum atomic E-state index is 0.375. The molecule has 106 valence electrons. The minimum Gasteiger partial charge on any atom is -0.493 e. The van der Waals surface area contributed by atoms with E-state index in [1.54, 1.807) is 21.1 Å². The topological polar surface area (TPSA) is 44.2 Å². The van der Waals surface area contributed by atoms with Gasteiger partial charge in [0, 0.05) is 12.0 Å². The van der Waals surface area contributed by atoms with E-state index in [-0.39, 0.29) is 0 Å². The zero-order valence-corrected chi connectivity index (χ0v) is 12.9. The van der Waals surface area contributed by atoms with Crippen molar-refractivity contribution in [3.63, 3.8) is 0 Å². The van der Waals surface area contributed by atoms with Crippen molar-refractivity contribution in [2.24, 2.45) is 0 Å². The first kappa shape index (κ1) is 14.9. The molecule has 0 aliphatic carbocycles. The molecule has 0 aliphatic heterocycles. The lowest BCUT2D eigenvalue weighted by Gasteiger charge is -2.09. The molecule has 0 atom stereocenters. The Morgan fingerprint density at radius 3 is 2.15 bits per heavy atom. The largest absolute Gasteiger partial charge is 0.493 e. The monoisotopic (exact) mass is 312 g/mol. The standard InChI is InChI=1S/C14H14Cl2N2O2/c1-8-13(15)17-12(18-14(8)16)7-9-4-5-10(19-2)11(6-9)20-3/h4-6H,7H2,1-3H3. The highest BCUT2D eigenvalue weighted by atomic mass is 35.5. The Kier molecular flexibility index (Phi) is 4.68. The lowest BCUT2D eigenvalue weighted by Crippen LogP contribution is -2.00. The van der Waals surface area contributed by atoms with Crippen molar-refractivity contribution < 1.29 is 9.47 Å². The summed E-state index contributed by atoms with van der Waals surface area (Å²) in [5.74, 6) is 1.91. The molecule has 0 bridgehead atoms. The smallest absolute Gasteiger partial charge is 0.161 e. The molecule has 6 heteroatoms. The molecule has 20 heavy (non-hydrogen) atoms. The van der Waals surface area contributed by atoms with E-state index in [4.69, 9.17) is 32.7 Å². The highest BCUT2D eigenvalue weighted by Gasteiger charge is 2.10. The fraction of sp³-hybridized carbons (Fsp3) is 0.286. The average molecular weight is 313 g/mol. The summed E-state index contributed by atoms with van der Waals surface area (Å²) in [7, 11) is 3.19. The van der Waals surface area contributed by atoms with Crippen LogP contribution in [0.25, 0.3) is 0 Å². The van der Waals surface area contributed by atoms with Crippen LogP contribution in [0.4, 0.5) is 0 Å². The molecular weight excluding hydrogens is 299 g/mol. The molecule has 0 unspecified atom stereocenters. The highest BCUT2D eigenvalue weighted by molar-refractivity contribution is 6.34. The van der Waals surface area contributed by atoms with E-state index < -0.39 is 0 Å². The Morgan fingerprint density at radius 1 is 1.00 bits per heavy atom. The van der Waals surface area contributed by atoms with Gasteiger partial charge >= 0.3 is 0 Å². The molecule has 0 spiro atoms. The predicted octanol–water partition coefficient (Wildman–Crippen LogP) is 3.70. The van der Waals surface area contributed by atoms with Gasteiger partial charge in [0.1, 0.15) is 16.1 Å². The zero-order valence-electron chi connectivity index (χ0n) is 11.4. The van der Waals surface area contributed by atoms with Crippen LogP contribution in [0.1, 0.15) is 17.0 Å². The van der Waals surface area contributed by atoms with Crippen LogP contribution >= 0.6 is 23.2 Å².